The van der Waals surface area contributed by atoms with Crippen molar-refractivity contribution in [3.8, 4) is 0 Å². The Bertz CT molecular complexity index is 463. The van der Waals surface area contributed by atoms with Gasteiger partial charge < -0.3 is 15.4 Å². The Kier molecular flexibility index (Phi) is 4.45. The summed E-state index contributed by atoms with van der Waals surface area (Å²) in [4.78, 5) is 26.0. The summed E-state index contributed by atoms with van der Waals surface area (Å²) in [6.07, 6.45) is 0.00173. The quantitative estimate of drug-likeness (QED) is 0.714. The van der Waals surface area contributed by atoms with Crippen LogP contribution >= 0.6 is 0 Å². The maximum absolute atomic E-state index is 11.8. The molecule has 0 radical (unpaired) electrons. The van der Waals surface area contributed by atoms with E-state index in [0.717, 1.165) is 5.69 Å². The molecule has 1 rings (SSSR count). The topological polar surface area (TPSA) is 82.2 Å². The first-order valence-electron chi connectivity index (χ1n) is 5.58. The fourth-order valence-electron chi connectivity index (χ4n) is 1.62. The van der Waals surface area contributed by atoms with Gasteiger partial charge in [-0.3, -0.25) is 9.59 Å². The highest BCUT2D eigenvalue weighted by Gasteiger charge is 2.13. The van der Waals surface area contributed by atoms with E-state index >= 15 is 0 Å². The fourth-order valence-corrected chi connectivity index (χ4v) is 1.62. The third kappa shape index (κ3) is 3.71. The van der Waals surface area contributed by atoms with E-state index in [4.69, 9.17) is 5.11 Å². The van der Waals surface area contributed by atoms with E-state index in [0.29, 0.717) is 18.5 Å². The van der Waals surface area contributed by atoms with Gasteiger partial charge in [0.15, 0.2) is 0 Å². The van der Waals surface area contributed by atoms with E-state index in [-0.39, 0.29) is 11.1 Å². The summed E-state index contributed by atoms with van der Waals surface area (Å²) < 4.78 is 0. The second kappa shape index (κ2) is 5.63. The van der Waals surface area contributed by atoms with Crippen LogP contribution in [0.5, 0.6) is 0 Å². The van der Waals surface area contributed by atoms with Gasteiger partial charge in [-0.2, -0.15) is 0 Å². The minimum Gasteiger partial charge on any atom is -0.393 e. The van der Waals surface area contributed by atoms with Crippen LogP contribution in [0, 0.1) is 13.8 Å². The molecule has 1 amide bonds. The number of aliphatic hydroxyl groups is 1. The fraction of sp³-hybridized carbons (Fsp3) is 0.500. The number of hydrogen-bond donors (Lipinski definition) is 3. The first kappa shape index (κ1) is 13.4. The van der Waals surface area contributed by atoms with Gasteiger partial charge in [0.2, 0.25) is 0 Å². The van der Waals surface area contributed by atoms with Crippen molar-refractivity contribution in [1.29, 1.82) is 0 Å². The minimum atomic E-state index is -0.465. The lowest BCUT2D eigenvalue weighted by Gasteiger charge is -2.08. The van der Waals surface area contributed by atoms with Crippen molar-refractivity contribution >= 4 is 5.91 Å². The molecule has 17 heavy (non-hydrogen) atoms. The van der Waals surface area contributed by atoms with Gasteiger partial charge in [-0.25, -0.2) is 0 Å². The standard InChI is InChI=1S/C12H18N2O3/c1-7-6-8(2)14-12(17)10(7)11(16)13-5-4-9(3)15/h6,9,15H,4-5H2,1-3H3,(H,13,16)(H,14,17). The molecule has 0 aliphatic heterocycles. The molecule has 0 spiro atoms. The van der Waals surface area contributed by atoms with Gasteiger partial charge >= 0.3 is 0 Å². The van der Waals surface area contributed by atoms with Gasteiger partial charge in [0, 0.05) is 12.2 Å². The summed E-state index contributed by atoms with van der Waals surface area (Å²) in [6, 6.07) is 1.75. The summed E-state index contributed by atoms with van der Waals surface area (Å²) in [5, 5.41) is 11.7. The number of amides is 1. The predicted octanol–water partition coefficient (Wildman–Crippen LogP) is 0.492. The lowest BCUT2D eigenvalue weighted by atomic mass is 10.1. The van der Waals surface area contributed by atoms with Crippen LogP contribution in [0.25, 0.3) is 0 Å². The van der Waals surface area contributed by atoms with E-state index in [1.807, 2.05) is 0 Å². The molecule has 0 fully saturated rings. The zero-order chi connectivity index (χ0) is 13.0. The molecule has 1 unspecified atom stereocenters. The van der Waals surface area contributed by atoms with Crippen molar-refractivity contribution in [2.45, 2.75) is 33.3 Å². The highest BCUT2D eigenvalue weighted by Crippen LogP contribution is 2.03. The van der Waals surface area contributed by atoms with E-state index in [9.17, 15) is 9.59 Å². The van der Waals surface area contributed by atoms with Gasteiger partial charge in [0.05, 0.1) is 6.10 Å². The first-order valence-corrected chi connectivity index (χ1v) is 5.58. The van der Waals surface area contributed by atoms with Crippen LogP contribution in [0.2, 0.25) is 0 Å². The normalized spacial score (nSPS) is 12.2. The smallest absolute Gasteiger partial charge is 0.261 e. The molecule has 5 heteroatoms. The molecule has 0 aromatic carbocycles. The molecule has 0 bridgehead atoms. The summed E-state index contributed by atoms with van der Waals surface area (Å²) in [7, 11) is 0. The average Bonchev–Trinajstić information content (AvgIpc) is 2.14. The minimum absolute atomic E-state index is 0.140. The van der Waals surface area contributed by atoms with E-state index < -0.39 is 12.0 Å². The highest BCUT2D eigenvalue weighted by atomic mass is 16.3. The third-order valence-corrected chi connectivity index (χ3v) is 2.44. The number of hydrogen-bond acceptors (Lipinski definition) is 3. The third-order valence-electron chi connectivity index (χ3n) is 2.44. The number of rotatable bonds is 4. The zero-order valence-corrected chi connectivity index (χ0v) is 10.3. The van der Waals surface area contributed by atoms with Gasteiger partial charge in [-0.1, -0.05) is 0 Å². The predicted molar refractivity (Wildman–Crippen MR) is 65.2 cm³/mol. The molecular weight excluding hydrogens is 220 g/mol. The van der Waals surface area contributed by atoms with Crippen molar-refractivity contribution < 1.29 is 9.90 Å². The Hall–Kier alpha value is -1.62. The Balaban J connectivity index is 2.79. The second-order valence-electron chi connectivity index (χ2n) is 4.23. The monoisotopic (exact) mass is 238 g/mol. The molecule has 0 saturated carbocycles. The molecule has 0 saturated heterocycles. The summed E-state index contributed by atoms with van der Waals surface area (Å²) in [5.74, 6) is -0.399. The molecule has 1 aromatic rings. The van der Waals surface area contributed by atoms with Gasteiger partial charge in [-0.15, -0.1) is 0 Å². The van der Waals surface area contributed by atoms with E-state index in [1.165, 1.54) is 0 Å². The molecule has 1 heterocycles. The largest absolute Gasteiger partial charge is 0.393 e. The zero-order valence-electron chi connectivity index (χ0n) is 10.3. The van der Waals surface area contributed by atoms with Crippen LogP contribution in [0.3, 0.4) is 0 Å². The van der Waals surface area contributed by atoms with Crippen LogP contribution in [0.4, 0.5) is 0 Å². The Morgan fingerprint density at radius 2 is 2.18 bits per heavy atom. The van der Waals surface area contributed by atoms with E-state index in [2.05, 4.69) is 10.3 Å². The summed E-state index contributed by atoms with van der Waals surface area (Å²) in [6.45, 7) is 5.49. The molecule has 0 aliphatic rings. The van der Waals surface area contributed by atoms with Crippen molar-refractivity contribution in [2.24, 2.45) is 0 Å². The molecule has 0 aliphatic carbocycles. The van der Waals surface area contributed by atoms with Crippen LogP contribution in [0.1, 0.15) is 35.0 Å². The van der Waals surface area contributed by atoms with E-state index in [1.54, 1.807) is 26.8 Å². The average molecular weight is 238 g/mol. The number of carbonyl (C=O) groups is 1. The Labute approximate surface area is 99.9 Å². The Morgan fingerprint density at radius 1 is 1.53 bits per heavy atom. The van der Waals surface area contributed by atoms with Crippen molar-refractivity contribution in [2.75, 3.05) is 6.54 Å². The lowest BCUT2D eigenvalue weighted by Crippen LogP contribution is -2.32. The molecule has 3 N–H and O–H groups in total. The SMILES string of the molecule is Cc1cc(C)c(C(=O)NCCC(C)O)c(=O)[nH]1. The number of pyridine rings is 1. The maximum atomic E-state index is 11.8. The lowest BCUT2D eigenvalue weighted by molar-refractivity contribution is 0.0943. The van der Waals surface area contributed by atoms with Crippen LogP contribution < -0.4 is 10.9 Å². The van der Waals surface area contributed by atoms with Crippen molar-refractivity contribution in [3.63, 3.8) is 0 Å². The van der Waals surface area contributed by atoms with Gasteiger partial charge in [0.1, 0.15) is 5.56 Å². The van der Waals surface area contributed by atoms with Crippen molar-refractivity contribution in [1.82, 2.24) is 10.3 Å². The Morgan fingerprint density at radius 3 is 2.71 bits per heavy atom. The number of aromatic amines is 1. The molecular formula is C12H18N2O3. The van der Waals surface area contributed by atoms with Crippen LogP contribution in [0.15, 0.2) is 10.9 Å². The highest BCUT2D eigenvalue weighted by molar-refractivity contribution is 5.95. The molecule has 1 aromatic heterocycles. The maximum Gasteiger partial charge on any atom is 0.261 e. The number of nitrogens with one attached hydrogen (secondary N) is 2. The first-order chi connectivity index (χ1) is 7.91. The summed E-state index contributed by atoms with van der Waals surface area (Å²) >= 11 is 0. The van der Waals surface area contributed by atoms with Crippen LogP contribution in [-0.2, 0) is 0 Å². The van der Waals surface area contributed by atoms with Crippen LogP contribution in [-0.4, -0.2) is 28.6 Å². The van der Waals surface area contributed by atoms with Crippen molar-refractivity contribution in [3.05, 3.63) is 33.2 Å². The molecule has 5 nitrogen and oxygen atoms in total. The number of aromatic nitrogens is 1. The molecule has 1 atom stereocenters. The summed E-state index contributed by atoms with van der Waals surface area (Å²) in [5.41, 5.74) is 1.15. The second-order valence-corrected chi connectivity index (χ2v) is 4.23. The van der Waals surface area contributed by atoms with Gasteiger partial charge in [-0.05, 0) is 38.8 Å². The number of aryl methyl sites for hydroxylation is 2. The number of H-pyrrole nitrogens is 1. The van der Waals surface area contributed by atoms with Gasteiger partial charge in [0.25, 0.3) is 11.5 Å². The number of carbonyl (C=O) groups excluding carboxylic acids is 1. The molecule has 94 valence electrons. The number of aliphatic hydroxyl groups excluding tert-OH is 1.